The summed E-state index contributed by atoms with van der Waals surface area (Å²) in [4.78, 5) is 12.9. The number of carbonyl (C=O) groups is 1. The van der Waals surface area contributed by atoms with E-state index in [0.29, 0.717) is 16.3 Å². The number of hydrogen-bond donors (Lipinski definition) is 1. The second-order valence-electron chi connectivity index (χ2n) is 6.40. The highest BCUT2D eigenvalue weighted by Gasteiger charge is 2.13. The largest absolute Gasteiger partial charge is 0.456 e. The minimum atomic E-state index is -0.182. The summed E-state index contributed by atoms with van der Waals surface area (Å²) in [6.07, 6.45) is 0. The normalized spacial score (nSPS) is 11.3. The van der Waals surface area contributed by atoms with E-state index in [4.69, 9.17) is 16.0 Å². The Labute approximate surface area is 160 Å². The van der Waals surface area contributed by atoms with Crippen molar-refractivity contribution in [1.29, 1.82) is 0 Å². The molecule has 0 spiro atoms. The number of nitrogens with one attached hydrogen (secondary N) is 1. The van der Waals surface area contributed by atoms with Gasteiger partial charge >= 0.3 is 0 Å². The minimum Gasteiger partial charge on any atom is -0.456 e. The van der Waals surface area contributed by atoms with E-state index < -0.39 is 0 Å². The zero-order valence-electron chi connectivity index (χ0n) is 14.2. The van der Waals surface area contributed by atoms with Crippen molar-refractivity contribution in [2.75, 3.05) is 5.32 Å². The van der Waals surface area contributed by atoms with Crippen LogP contribution in [0.25, 0.3) is 32.7 Å². The van der Waals surface area contributed by atoms with Gasteiger partial charge in [-0.15, -0.1) is 0 Å². The first kappa shape index (κ1) is 15.9. The van der Waals surface area contributed by atoms with Crippen LogP contribution in [0.2, 0.25) is 5.02 Å². The average Bonchev–Trinajstić information content (AvgIpc) is 3.05. The number of hydrogen-bond acceptors (Lipinski definition) is 2. The first-order valence-corrected chi connectivity index (χ1v) is 8.98. The lowest BCUT2D eigenvalue weighted by Crippen LogP contribution is -2.12. The lowest BCUT2D eigenvalue weighted by atomic mass is 10.0. The van der Waals surface area contributed by atoms with Crippen molar-refractivity contribution in [2.45, 2.75) is 0 Å². The molecule has 5 aromatic rings. The number of benzene rings is 4. The molecule has 1 heterocycles. The van der Waals surface area contributed by atoms with Crippen LogP contribution in [0.1, 0.15) is 10.4 Å². The predicted octanol–water partition coefficient (Wildman–Crippen LogP) is 6.64. The second-order valence-corrected chi connectivity index (χ2v) is 6.81. The fraction of sp³-hybridized carbons (Fsp3) is 0. The Kier molecular flexibility index (Phi) is 3.62. The highest BCUT2D eigenvalue weighted by molar-refractivity contribution is 6.36. The first-order chi connectivity index (χ1) is 13.2. The maximum atomic E-state index is 12.9. The molecular formula is C23H14ClNO2. The van der Waals surface area contributed by atoms with Crippen molar-refractivity contribution in [3.63, 3.8) is 0 Å². The maximum absolute atomic E-state index is 12.9. The first-order valence-electron chi connectivity index (χ1n) is 8.60. The monoisotopic (exact) mass is 371 g/mol. The summed E-state index contributed by atoms with van der Waals surface area (Å²) in [6.45, 7) is 0. The molecule has 0 saturated carbocycles. The quantitative estimate of drug-likeness (QED) is 0.377. The zero-order valence-corrected chi connectivity index (χ0v) is 15.0. The van der Waals surface area contributed by atoms with Gasteiger partial charge in [0.1, 0.15) is 11.2 Å². The van der Waals surface area contributed by atoms with Crippen molar-refractivity contribution in [1.82, 2.24) is 0 Å². The maximum Gasteiger partial charge on any atom is 0.256 e. The summed E-state index contributed by atoms with van der Waals surface area (Å²) in [5.74, 6) is -0.182. The molecular weight excluding hydrogens is 358 g/mol. The molecule has 0 saturated heterocycles. The van der Waals surface area contributed by atoms with Gasteiger partial charge in [0.15, 0.2) is 0 Å². The molecule has 0 aliphatic heterocycles. The Balaban J connectivity index is 1.54. The number of halogens is 1. The molecule has 4 aromatic carbocycles. The Morgan fingerprint density at radius 2 is 1.48 bits per heavy atom. The number of carbonyl (C=O) groups excluding carboxylic acids is 1. The van der Waals surface area contributed by atoms with E-state index in [1.807, 2.05) is 72.8 Å². The van der Waals surface area contributed by atoms with Gasteiger partial charge in [-0.05, 0) is 35.7 Å². The molecule has 0 fully saturated rings. The van der Waals surface area contributed by atoms with Crippen LogP contribution in [-0.2, 0) is 0 Å². The van der Waals surface area contributed by atoms with Crippen LogP contribution >= 0.6 is 11.6 Å². The third-order valence-corrected chi connectivity index (χ3v) is 5.08. The van der Waals surface area contributed by atoms with Gasteiger partial charge in [0.25, 0.3) is 5.91 Å². The average molecular weight is 372 g/mol. The van der Waals surface area contributed by atoms with Crippen LogP contribution in [0.3, 0.4) is 0 Å². The van der Waals surface area contributed by atoms with Gasteiger partial charge in [0.2, 0.25) is 0 Å². The van der Waals surface area contributed by atoms with Gasteiger partial charge in [0.05, 0.1) is 0 Å². The van der Waals surface area contributed by atoms with Crippen LogP contribution in [0, 0.1) is 0 Å². The van der Waals surface area contributed by atoms with Gasteiger partial charge < -0.3 is 9.73 Å². The molecule has 0 aliphatic carbocycles. The van der Waals surface area contributed by atoms with E-state index in [9.17, 15) is 4.79 Å². The molecule has 0 aliphatic rings. The minimum absolute atomic E-state index is 0.182. The summed E-state index contributed by atoms with van der Waals surface area (Å²) >= 11 is 6.25. The Hall–Kier alpha value is -3.30. The number of fused-ring (bicyclic) bond motifs is 4. The van der Waals surface area contributed by atoms with E-state index in [1.54, 1.807) is 6.07 Å². The number of anilines is 1. The molecule has 5 rings (SSSR count). The Morgan fingerprint density at radius 3 is 2.41 bits per heavy atom. The Bertz CT molecular complexity index is 1340. The number of amides is 1. The van der Waals surface area contributed by atoms with Gasteiger partial charge in [-0.2, -0.15) is 0 Å². The van der Waals surface area contributed by atoms with Crippen molar-refractivity contribution >= 4 is 55.9 Å². The summed E-state index contributed by atoms with van der Waals surface area (Å²) < 4.78 is 5.90. The topological polar surface area (TPSA) is 42.2 Å². The van der Waals surface area contributed by atoms with Crippen LogP contribution in [0.15, 0.2) is 83.3 Å². The third kappa shape index (κ3) is 2.64. The van der Waals surface area contributed by atoms with E-state index in [2.05, 4.69) is 5.32 Å². The summed E-state index contributed by atoms with van der Waals surface area (Å²) in [7, 11) is 0. The lowest BCUT2D eigenvalue weighted by Gasteiger charge is -2.09. The van der Waals surface area contributed by atoms with Crippen molar-refractivity contribution < 1.29 is 9.21 Å². The molecule has 1 aromatic heterocycles. The molecule has 0 unspecified atom stereocenters. The Morgan fingerprint density at radius 1 is 0.741 bits per heavy atom. The zero-order chi connectivity index (χ0) is 18.4. The van der Waals surface area contributed by atoms with E-state index in [-0.39, 0.29) is 5.91 Å². The van der Waals surface area contributed by atoms with Crippen molar-refractivity contribution in [3.05, 3.63) is 89.4 Å². The fourth-order valence-corrected chi connectivity index (χ4v) is 3.71. The molecule has 0 radical (unpaired) electrons. The van der Waals surface area contributed by atoms with Gasteiger partial charge in [-0.1, -0.05) is 54.1 Å². The number of rotatable bonds is 2. The van der Waals surface area contributed by atoms with Crippen LogP contribution in [0.5, 0.6) is 0 Å². The smallest absolute Gasteiger partial charge is 0.256 e. The molecule has 3 nitrogen and oxygen atoms in total. The standard InChI is InChI=1S/C23H14ClNO2/c24-20-9-4-6-15-16(20)7-3-8-19(15)23(26)25-14-11-12-18-17-5-1-2-10-21(17)27-22(18)13-14/h1-13H,(H,25,26). The van der Waals surface area contributed by atoms with Crippen molar-refractivity contribution in [3.8, 4) is 0 Å². The van der Waals surface area contributed by atoms with E-state index in [1.165, 1.54) is 0 Å². The van der Waals surface area contributed by atoms with Crippen LogP contribution < -0.4 is 5.32 Å². The SMILES string of the molecule is O=C(Nc1ccc2c(c1)oc1ccccc12)c1cccc2c(Cl)cccc12. The fourth-order valence-electron chi connectivity index (χ4n) is 3.47. The van der Waals surface area contributed by atoms with Gasteiger partial charge in [0, 0.05) is 38.5 Å². The molecule has 1 N–H and O–H groups in total. The molecule has 4 heteroatoms. The number of furan rings is 1. The second kappa shape index (κ2) is 6.15. The molecule has 1 amide bonds. The van der Waals surface area contributed by atoms with Crippen LogP contribution in [-0.4, -0.2) is 5.91 Å². The summed E-state index contributed by atoms with van der Waals surface area (Å²) in [5, 5.41) is 7.37. The summed E-state index contributed by atoms with van der Waals surface area (Å²) in [6, 6.07) is 24.7. The molecule has 130 valence electrons. The lowest BCUT2D eigenvalue weighted by molar-refractivity contribution is 0.102. The van der Waals surface area contributed by atoms with E-state index >= 15 is 0 Å². The summed E-state index contributed by atoms with van der Waals surface area (Å²) in [5.41, 5.74) is 2.85. The van der Waals surface area contributed by atoms with E-state index in [0.717, 1.165) is 32.7 Å². The predicted molar refractivity (Wildman–Crippen MR) is 111 cm³/mol. The highest BCUT2D eigenvalue weighted by Crippen LogP contribution is 2.31. The van der Waals surface area contributed by atoms with Gasteiger partial charge in [-0.3, -0.25) is 4.79 Å². The number of para-hydroxylation sites is 1. The van der Waals surface area contributed by atoms with Crippen LogP contribution in [0.4, 0.5) is 5.69 Å². The molecule has 0 bridgehead atoms. The molecule has 27 heavy (non-hydrogen) atoms. The van der Waals surface area contributed by atoms with Crippen molar-refractivity contribution in [2.24, 2.45) is 0 Å². The third-order valence-electron chi connectivity index (χ3n) is 4.75. The highest BCUT2D eigenvalue weighted by atomic mass is 35.5. The molecule has 0 atom stereocenters. The van der Waals surface area contributed by atoms with Gasteiger partial charge in [-0.25, -0.2) is 0 Å².